The maximum atomic E-state index is 2.56. The van der Waals surface area contributed by atoms with Crippen LogP contribution in [0.1, 0.15) is 52.1 Å². The van der Waals surface area contributed by atoms with E-state index in [1.807, 2.05) is 0 Å². The Morgan fingerprint density at radius 2 is 0.750 bits per heavy atom. The van der Waals surface area contributed by atoms with Crippen LogP contribution in [-0.2, 0) is 5.41 Å². The van der Waals surface area contributed by atoms with E-state index in [2.05, 4.69) is 265 Å². The molecule has 10 aromatic rings. The van der Waals surface area contributed by atoms with Crippen LogP contribution in [0, 0.1) is 0 Å². The van der Waals surface area contributed by atoms with Gasteiger partial charge >= 0.3 is 0 Å². The maximum Gasteiger partial charge on any atom is 0.0674 e. The van der Waals surface area contributed by atoms with Crippen molar-refractivity contribution in [3.63, 3.8) is 0 Å². The Balaban J connectivity index is 1.09. The van der Waals surface area contributed by atoms with Crippen LogP contribution in [0.2, 0.25) is 0 Å². The Kier molecular flexibility index (Phi) is 9.12. The Morgan fingerprint density at radius 3 is 1.27 bits per heavy atom. The van der Waals surface area contributed by atoms with Crippen molar-refractivity contribution >= 4 is 61.7 Å². The van der Waals surface area contributed by atoms with Gasteiger partial charge in [-0.05, 0) is 139 Å². The molecule has 0 aliphatic heterocycles. The van der Waals surface area contributed by atoms with Crippen molar-refractivity contribution in [3.05, 3.63) is 282 Å². The van der Waals surface area contributed by atoms with Crippen LogP contribution in [-0.4, -0.2) is 0 Å². The zero-order valence-corrected chi connectivity index (χ0v) is 35.7. The van der Waals surface area contributed by atoms with Gasteiger partial charge in [-0.25, -0.2) is 0 Å². The number of rotatable bonds is 8. The second kappa shape index (κ2) is 15.4. The monoisotopic (exact) mass is 818 g/mol. The summed E-state index contributed by atoms with van der Waals surface area (Å²) in [6.45, 7) is 2.45. The third-order valence-corrected chi connectivity index (χ3v) is 13.9. The number of benzene rings is 10. The van der Waals surface area contributed by atoms with Crippen molar-refractivity contribution < 1.29 is 0 Å². The average molecular weight is 819 g/mol. The number of hydrogen-bond acceptors (Lipinski definition) is 2. The summed E-state index contributed by atoms with van der Waals surface area (Å²) in [6, 6.07) is 89.5. The van der Waals surface area contributed by atoms with Gasteiger partial charge in [0, 0.05) is 40.0 Å². The first-order chi connectivity index (χ1) is 31.6. The second-order valence-corrected chi connectivity index (χ2v) is 17.3. The lowest BCUT2D eigenvalue weighted by molar-refractivity contribution is 0.613. The van der Waals surface area contributed by atoms with Crippen molar-refractivity contribution in [2.24, 2.45) is 0 Å². The van der Waals surface area contributed by atoms with Gasteiger partial charge in [0.2, 0.25) is 0 Å². The molecular weight excluding hydrogens is 773 g/mol. The van der Waals surface area contributed by atoms with Gasteiger partial charge in [-0.15, -0.1) is 0 Å². The first kappa shape index (κ1) is 37.8. The number of hydrogen-bond donors (Lipinski definition) is 0. The minimum Gasteiger partial charge on any atom is -0.310 e. The highest BCUT2D eigenvalue weighted by Crippen LogP contribution is 2.64. The van der Waals surface area contributed by atoms with Gasteiger partial charge in [-0.2, -0.15) is 0 Å². The molecule has 64 heavy (non-hydrogen) atoms. The molecule has 2 unspecified atom stereocenters. The highest BCUT2D eigenvalue weighted by molar-refractivity contribution is 5.92. The number of nitrogens with zero attached hydrogens (tertiary/aromatic N) is 2. The lowest BCUT2D eigenvalue weighted by Gasteiger charge is -2.39. The van der Waals surface area contributed by atoms with Crippen LogP contribution < -0.4 is 9.80 Å². The van der Waals surface area contributed by atoms with Gasteiger partial charge in [-0.3, -0.25) is 0 Å². The average Bonchev–Trinajstić information content (AvgIpc) is 3.65. The van der Waals surface area contributed by atoms with E-state index in [-0.39, 0.29) is 11.8 Å². The molecule has 2 aliphatic rings. The molecule has 0 saturated carbocycles. The zero-order chi connectivity index (χ0) is 42.6. The minimum absolute atomic E-state index is 0.166. The highest BCUT2D eigenvalue weighted by Gasteiger charge is 2.53. The summed E-state index contributed by atoms with van der Waals surface area (Å²) in [4.78, 5) is 4.84. The third kappa shape index (κ3) is 6.09. The molecule has 2 aliphatic carbocycles. The molecule has 2 heteroatoms. The summed E-state index contributed by atoms with van der Waals surface area (Å²) in [5, 5.41) is 4.92. The number of para-hydroxylation sites is 2. The molecule has 0 bridgehead atoms. The molecule has 0 aromatic heterocycles. The predicted octanol–water partition coefficient (Wildman–Crippen LogP) is 16.6. The molecule has 0 saturated heterocycles. The molecular formula is C62H46N2. The fourth-order valence-corrected chi connectivity index (χ4v) is 11.0. The van der Waals surface area contributed by atoms with Gasteiger partial charge in [0.25, 0.3) is 0 Å². The molecule has 0 spiro atoms. The Hall–Kier alpha value is -7.94. The van der Waals surface area contributed by atoms with Crippen molar-refractivity contribution in [3.8, 4) is 0 Å². The van der Waals surface area contributed by atoms with E-state index >= 15 is 0 Å². The fourth-order valence-electron chi connectivity index (χ4n) is 11.0. The molecule has 0 amide bonds. The van der Waals surface area contributed by atoms with Crippen molar-refractivity contribution in [2.75, 3.05) is 9.80 Å². The van der Waals surface area contributed by atoms with Crippen molar-refractivity contribution in [2.45, 2.75) is 24.2 Å². The van der Waals surface area contributed by atoms with E-state index in [4.69, 9.17) is 0 Å². The lowest BCUT2D eigenvalue weighted by Crippen LogP contribution is -2.31. The van der Waals surface area contributed by atoms with E-state index in [9.17, 15) is 0 Å². The predicted molar refractivity (Wildman–Crippen MR) is 269 cm³/mol. The first-order valence-corrected chi connectivity index (χ1v) is 22.4. The molecule has 304 valence electrons. The van der Waals surface area contributed by atoms with Gasteiger partial charge in [0.1, 0.15) is 0 Å². The summed E-state index contributed by atoms with van der Waals surface area (Å²) in [5.41, 5.74) is 15.6. The fraction of sp³-hybridized carbons (Fsp3) is 0.0645. The Labute approximate surface area is 375 Å². The van der Waals surface area contributed by atoms with E-state index in [1.54, 1.807) is 0 Å². The molecule has 0 heterocycles. The van der Waals surface area contributed by atoms with E-state index in [0.29, 0.717) is 0 Å². The Morgan fingerprint density at radius 1 is 0.344 bits per heavy atom. The summed E-state index contributed by atoms with van der Waals surface area (Å²) >= 11 is 0. The third-order valence-electron chi connectivity index (χ3n) is 13.9. The number of fused-ring (bicyclic) bond motifs is 6. The normalized spacial score (nSPS) is 15.8. The van der Waals surface area contributed by atoms with Gasteiger partial charge in [0.15, 0.2) is 0 Å². The summed E-state index contributed by atoms with van der Waals surface area (Å²) < 4.78 is 0. The van der Waals surface area contributed by atoms with Crippen LogP contribution in [0.3, 0.4) is 0 Å². The number of allylic oxidation sites excluding steroid dienone is 1. The quantitative estimate of drug-likeness (QED) is 0.151. The van der Waals surface area contributed by atoms with Gasteiger partial charge < -0.3 is 9.80 Å². The first-order valence-electron chi connectivity index (χ1n) is 22.4. The van der Waals surface area contributed by atoms with Gasteiger partial charge in [0.05, 0.1) is 5.41 Å². The Bertz CT molecular complexity index is 3320. The summed E-state index contributed by atoms with van der Waals surface area (Å²) in [6.07, 6.45) is 2.56. The molecule has 0 radical (unpaired) electrons. The van der Waals surface area contributed by atoms with Crippen LogP contribution in [0.4, 0.5) is 34.1 Å². The molecule has 0 fully saturated rings. The van der Waals surface area contributed by atoms with Gasteiger partial charge in [-0.1, -0.05) is 183 Å². The van der Waals surface area contributed by atoms with Crippen LogP contribution in [0.25, 0.3) is 27.6 Å². The molecule has 0 N–H and O–H groups in total. The molecule has 12 rings (SSSR count). The van der Waals surface area contributed by atoms with Crippen LogP contribution >= 0.6 is 0 Å². The molecule has 2 atom stereocenters. The van der Waals surface area contributed by atoms with Crippen LogP contribution in [0.5, 0.6) is 0 Å². The second-order valence-electron chi connectivity index (χ2n) is 17.3. The largest absolute Gasteiger partial charge is 0.310 e. The SMILES string of the molecule is CC1c2ccc(N(c3ccccc3)c3ccc4ccccc4c3)cc2C=C2C1c1ccc(N(c3ccccc3)c3ccc4ccccc4c3)cc1C2(c1ccccc1)c1ccccc1. The van der Waals surface area contributed by atoms with Crippen LogP contribution in [0.15, 0.2) is 248 Å². The summed E-state index contributed by atoms with van der Waals surface area (Å²) in [5.74, 6) is 0.388. The summed E-state index contributed by atoms with van der Waals surface area (Å²) in [7, 11) is 0. The maximum absolute atomic E-state index is 2.56. The topological polar surface area (TPSA) is 6.48 Å². The van der Waals surface area contributed by atoms with Crippen molar-refractivity contribution in [1.82, 2.24) is 0 Å². The highest BCUT2D eigenvalue weighted by atomic mass is 15.1. The zero-order valence-electron chi connectivity index (χ0n) is 35.7. The lowest BCUT2D eigenvalue weighted by atomic mass is 9.63. The van der Waals surface area contributed by atoms with Crippen molar-refractivity contribution in [1.29, 1.82) is 0 Å². The van der Waals surface area contributed by atoms with E-state index < -0.39 is 5.41 Å². The standard InChI is InChI=1S/C62H46N2/c1-43-57-36-34-55(63(51-26-10-4-11-27-51)53-32-30-44-18-14-16-20-46(44)38-53)40-48(57)41-60-61(43)58-37-35-56(42-59(58)62(60,49-22-6-2-7-23-49)50-24-8-3-9-25-50)64(52-28-12-5-13-29-52)54-33-31-45-19-15-17-21-47(45)39-54/h2-43,61H,1H3. The number of anilines is 6. The molecule has 2 nitrogen and oxygen atoms in total. The smallest absolute Gasteiger partial charge is 0.0674 e. The van der Waals surface area contributed by atoms with E-state index in [1.165, 1.54) is 60.5 Å². The van der Waals surface area contributed by atoms with E-state index in [0.717, 1.165) is 34.1 Å². The minimum atomic E-state index is -0.552. The molecule has 10 aromatic carbocycles.